The van der Waals surface area contributed by atoms with Crippen LogP contribution in [-0.2, 0) is 0 Å². The second kappa shape index (κ2) is 4.59. The van der Waals surface area contributed by atoms with Crippen LogP contribution in [0, 0.1) is 10.1 Å². The van der Waals surface area contributed by atoms with Gasteiger partial charge in [-0.15, -0.1) is 0 Å². The third-order valence-electron chi connectivity index (χ3n) is 2.00. The molecule has 0 saturated carbocycles. The van der Waals surface area contributed by atoms with Crippen LogP contribution in [0.4, 0.5) is 0 Å². The van der Waals surface area contributed by atoms with Gasteiger partial charge in [0.1, 0.15) is 0 Å². The van der Waals surface area contributed by atoms with Crippen molar-refractivity contribution in [2.45, 2.75) is 10.8 Å². The molecule has 0 aliphatic heterocycles. The van der Waals surface area contributed by atoms with Gasteiger partial charge >= 0.3 is 93.0 Å². The van der Waals surface area contributed by atoms with Crippen LogP contribution in [-0.4, -0.2) is 13.8 Å². The van der Waals surface area contributed by atoms with Crippen molar-refractivity contribution in [1.29, 1.82) is 0 Å². The summed E-state index contributed by atoms with van der Waals surface area (Å²) in [5, 5.41) is 10.7. The number of nitrogens with zero attached hydrogens (tertiary/aromatic N) is 1. The third-order valence-corrected chi connectivity index (χ3v) is 4.21. The van der Waals surface area contributed by atoms with Crippen molar-refractivity contribution in [2.24, 2.45) is 5.73 Å². The zero-order valence-electron chi connectivity index (χ0n) is 8.03. The Labute approximate surface area is 93.0 Å². The Morgan fingerprint density at radius 1 is 1.64 bits per heavy atom. The van der Waals surface area contributed by atoms with Crippen LogP contribution < -0.4 is 26.9 Å². The topological polar surface area (TPSA) is 69.2 Å². The summed E-state index contributed by atoms with van der Waals surface area (Å²) in [6.45, 7) is 1.82. The Morgan fingerprint density at radius 2 is 2.29 bits per heavy atom. The predicted molar refractivity (Wildman–Crippen MR) is 50.8 cm³/mol. The molecule has 1 atom stereocenters. The first-order chi connectivity index (χ1) is 6.56. The van der Waals surface area contributed by atoms with E-state index in [1.165, 1.54) is 6.08 Å². The van der Waals surface area contributed by atoms with Gasteiger partial charge in [-0.05, 0) is 0 Å². The van der Waals surface area contributed by atoms with Crippen LogP contribution in [0.1, 0.15) is 6.92 Å². The van der Waals surface area contributed by atoms with Crippen LogP contribution in [0.25, 0.3) is 0 Å². The fraction of sp³-hybridized carbons (Fsp3) is 0.333. The van der Waals surface area contributed by atoms with Gasteiger partial charge in [0.15, 0.2) is 0 Å². The van der Waals surface area contributed by atoms with E-state index < -0.39 is 4.92 Å². The van der Waals surface area contributed by atoms with Crippen LogP contribution >= 0.6 is 0 Å². The first-order valence-electron chi connectivity index (χ1n) is 4.05. The Morgan fingerprint density at radius 3 is 2.79 bits per heavy atom. The molecule has 0 bridgehead atoms. The molecule has 0 heterocycles. The fourth-order valence-electron chi connectivity index (χ4n) is 1.15. The van der Waals surface area contributed by atoms with Gasteiger partial charge in [0.25, 0.3) is 0 Å². The first-order valence-corrected chi connectivity index (χ1v) is 7.45. The number of hydrogen-bond acceptors (Lipinski definition) is 3. The van der Waals surface area contributed by atoms with Gasteiger partial charge in [-0.3, -0.25) is 0 Å². The summed E-state index contributed by atoms with van der Waals surface area (Å²) in [6.07, 6.45) is 5.40. The molecule has 0 radical (unpaired) electrons. The summed E-state index contributed by atoms with van der Waals surface area (Å²) in [7, 11) is 0. The van der Waals surface area contributed by atoms with Crippen LogP contribution in [0.5, 0.6) is 0 Å². The van der Waals surface area contributed by atoms with Crippen molar-refractivity contribution in [1.82, 2.24) is 0 Å². The summed E-state index contributed by atoms with van der Waals surface area (Å²) in [6, 6.07) is 0. The molecule has 5 heteroatoms. The molecule has 1 unspecified atom stereocenters. The van der Waals surface area contributed by atoms with E-state index >= 15 is 0 Å². The normalized spacial score (nSPS) is 22.1. The summed E-state index contributed by atoms with van der Waals surface area (Å²) in [4.78, 5) is 12.4. The first kappa shape index (κ1) is 11.2. The van der Waals surface area contributed by atoms with E-state index in [0.717, 1.165) is 5.57 Å². The van der Waals surface area contributed by atoms with E-state index in [0.29, 0.717) is 3.92 Å². The number of nitrogens with two attached hydrogens (primary N) is 1. The molecule has 0 aromatic carbocycles. The summed E-state index contributed by atoms with van der Waals surface area (Å²) < 4.78 is 0.352. The number of nitro groups is 1. The molecule has 1 rings (SSSR count). The van der Waals surface area contributed by atoms with Crippen molar-refractivity contribution >= 4 is 0 Å². The SMILES string of the molecule is C[I-]C1C=CC([N+](=O)[O-])=C(N)C(C)=C1. The van der Waals surface area contributed by atoms with E-state index in [1.54, 1.807) is 0 Å². The van der Waals surface area contributed by atoms with Gasteiger partial charge < -0.3 is 0 Å². The summed E-state index contributed by atoms with van der Waals surface area (Å²) >= 11 is 0.0148. The quantitative estimate of drug-likeness (QED) is 0.279. The van der Waals surface area contributed by atoms with E-state index in [1.807, 2.05) is 19.1 Å². The minimum absolute atomic E-state index is 0.0127. The number of halogens is 1. The van der Waals surface area contributed by atoms with Gasteiger partial charge in [-0.1, -0.05) is 0 Å². The zero-order valence-corrected chi connectivity index (χ0v) is 10.2. The zero-order chi connectivity index (χ0) is 10.7. The van der Waals surface area contributed by atoms with Gasteiger partial charge in [0, 0.05) is 0 Å². The van der Waals surface area contributed by atoms with Crippen molar-refractivity contribution in [2.75, 3.05) is 4.93 Å². The second-order valence-corrected chi connectivity index (χ2v) is 5.61. The van der Waals surface area contributed by atoms with E-state index in [9.17, 15) is 10.1 Å². The molecule has 0 aromatic heterocycles. The van der Waals surface area contributed by atoms with Crippen molar-refractivity contribution in [3.05, 3.63) is 45.3 Å². The van der Waals surface area contributed by atoms with Crippen LogP contribution in [0.3, 0.4) is 0 Å². The van der Waals surface area contributed by atoms with Gasteiger partial charge in [-0.25, -0.2) is 0 Å². The molecule has 14 heavy (non-hydrogen) atoms. The van der Waals surface area contributed by atoms with E-state index in [-0.39, 0.29) is 32.6 Å². The molecule has 0 spiro atoms. The van der Waals surface area contributed by atoms with E-state index in [2.05, 4.69) is 4.93 Å². The molecular formula is C9H12IN2O2-. The Hall–Kier alpha value is -0.850. The summed E-state index contributed by atoms with van der Waals surface area (Å²) in [5.41, 5.74) is 6.78. The summed E-state index contributed by atoms with van der Waals surface area (Å²) in [5.74, 6) is 0. The number of hydrogen-bond donors (Lipinski definition) is 1. The molecule has 1 aliphatic carbocycles. The predicted octanol–water partition coefficient (Wildman–Crippen LogP) is -1.96. The molecule has 0 amide bonds. The third kappa shape index (κ3) is 2.34. The second-order valence-electron chi connectivity index (χ2n) is 2.93. The monoisotopic (exact) mass is 307 g/mol. The number of allylic oxidation sites excluding steroid dienone is 4. The minimum atomic E-state index is -0.431. The molecule has 0 aromatic rings. The van der Waals surface area contributed by atoms with Crippen LogP contribution in [0.2, 0.25) is 0 Å². The van der Waals surface area contributed by atoms with Gasteiger partial charge in [0.2, 0.25) is 0 Å². The molecule has 4 nitrogen and oxygen atoms in total. The Kier molecular flexibility index (Phi) is 3.68. The number of alkyl halides is 2. The van der Waals surface area contributed by atoms with Gasteiger partial charge in [0.05, 0.1) is 0 Å². The molecule has 1 aliphatic rings. The van der Waals surface area contributed by atoms with E-state index in [4.69, 9.17) is 5.73 Å². The average Bonchev–Trinajstić information content (AvgIpc) is 2.27. The van der Waals surface area contributed by atoms with Crippen molar-refractivity contribution < 1.29 is 26.1 Å². The number of rotatable bonds is 2. The molecule has 0 saturated heterocycles. The molecule has 0 fully saturated rings. The van der Waals surface area contributed by atoms with Crippen molar-refractivity contribution in [3.63, 3.8) is 0 Å². The maximum absolute atomic E-state index is 10.7. The molecule has 78 valence electrons. The van der Waals surface area contributed by atoms with Crippen molar-refractivity contribution in [3.8, 4) is 0 Å². The fourth-order valence-corrected chi connectivity index (χ4v) is 2.68. The van der Waals surface area contributed by atoms with Crippen LogP contribution in [0.15, 0.2) is 35.2 Å². The van der Waals surface area contributed by atoms with Gasteiger partial charge in [-0.2, -0.15) is 0 Å². The molecular weight excluding hydrogens is 295 g/mol. The standard InChI is InChI=1S/C9H12IN2O2/c1-6-5-7(10-2)3-4-8(9(6)11)12(13)14/h3-5,7H,11H2,1-2H3/q-1. The maximum atomic E-state index is 10.7. The Bertz CT molecular complexity index is 345. The average molecular weight is 307 g/mol. The molecule has 2 N–H and O–H groups in total. The Balaban J connectivity index is 3.13.